The fourth-order valence-corrected chi connectivity index (χ4v) is 1.79. The molecule has 5 N–H and O–H groups in total. The molecule has 0 saturated heterocycles. The molecule has 0 aromatic carbocycles. The first kappa shape index (κ1) is 15.3. The number of hydrogen-bond acceptors (Lipinski definition) is 6. The minimum Gasteiger partial charge on any atom is -0.351 e. The maximum Gasteiger partial charge on any atom is 0.254 e. The molecule has 1 aromatic rings. The number of nitrogens with two attached hydrogens (primary N) is 1. The van der Waals surface area contributed by atoms with Gasteiger partial charge in [-0.1, -0.05) is 0 Å². The van der Waals surface area contributed by atoms with E-state index in [1.54, 1.807) is 0 Å². The Morgan fingerprint density at radius 2 is 2.21 bits per heavy atom. The Hall–Kier alpha value is -1.78. The lowest BCUT2D eigenvalue weighted by atomic mass is 10.2. The zero-order valence-electron chi connectivity index (χ0n) is 10.1. The number of nitrogens with one attached hydrogen (secondary N) is 3. The Bertz CT molecular complexity index is 563. The van der Waals surface area contributed by atoms with E-state index in [1.165, 1.54) is 13.2 Å². The minimum atomic E-state index is -3.42. The van der Waals surface area contributed by atoms with Crippen molar-refractivity contribution in [3.05, 3.63) is 23.6 Å². The predicted molar refractivity (Wildman–Crippen MR) is 67.2 cm³/mol. The second-order valence-electron chi connectivity index (χ2n) is 3.44. The number of carbonyl (C=O) groups excluding carboxylic acids is 1. The number of hydrogen-bond donors (Lipinski definition) is 4. The largest absolute Gasteiger partial charge is 0.351 e. The number of amides is 1. The molecule has 1 rings (SSSR count). The summed E-state index contributed by atoms with van der Waals surface area (Å²) < 4.78 is 38.0. The van der Waals surface area contributed by atoms with Crippen molar-refractivity contribution in [2.75, 3.05) is 24.8 Å². The molecular formula is C9H14FN5O3S. The fourth-order valence-electron chi connectivity index (χ4n) is 1.22. The number of halogens is 1. The van der Waals surface area contributed by atoms with Gasteiger partial charge in [0.15, 0.2) is 11.6 Å². The van der Waals surface area contributed by atoms with Gasteiger partial charge in [-0.25, -0.2) is 28.4 Å². The molecule has 19 heavy (non-hydrogen) atoms. The van der Waals surface area contributed by atoms with Gasteiger partial charge in [-0.05, 0) is 13.1 Å². The normalized spacial score (nSPS) is 11.1. The molecule has 0 spiro atoms. The molecule has 106 valence electrons. The van der Waals surface area contributed by atoms with Gasteiger partial charge >= 0.3 is 0 Å². The third-order valence-electron chi connectivity index (χ3n) is 2.24. The van der Waals surface area contributed by atoms with Crippen LogP contribution in [0.2, 0.25) is 0 Å². The van der Waals surface area contributed by atoms with Gasteiger partial charge in [-0.2, -0.15) is 0 Å². The lowest BCUT2D eigenvalue weighted by molar-refractivity contribution is 0.0952. The third kappa shape index (κ3) is 4.12. The van der Waals surface area contributed by atoms with Crippen molar-refractivity contribution in [2.24, 2.45) is 5.84 Å². The first-order chi connectivity index (χ1) is 8.91. The second-order valence-corrected chi connectivity index (χ2v) is 5.49. The van der Waals surface area contributed by atoms with E-state index in [4.69, 9.17) is 5.84 Å². The molecule has 1 amide bonds. The number of rotatable bonds is 6. The Kier molecular flexibility index (Phi) is 5.15. The number of aromatic nitrogens is 1. The number of carbonyl (C=O) groups is 1. The standard InChI is InChI=1S/C9H14FN5O3S/c1-12-19(17,18)5-4-14-9(16)6-2-3-13-8(15-11)7(6)10/h2-3,12H,4-5,11H2,1H3,(H,13,15)(H,14,16). The maximum absolute atomic E-state index is 13.7. The smallest absolute Gasteiger partial charge is 0.254 e. The molecule has 0 bridgehead atoms. The fraction of sp³-hybridized carbons (Fsp3) is 0.333. The Morgan fingerprint density at radius 1 is 1.53 bits per heavy atom. The maximum atomic E-state index is 13.7. The van der Waals surface area contributed by atoms with Crippen LogP contribution in [-0.4, -0.2) is 38.7 Å². The average molecular weight is 291 g/mol. The van der Waals surface area contributed by atoms with Crippen LogP contribution in [0.25, 0.3) is 0 Å². The molecule has 0 aliphatic carbocycles. The summed E-state index contributed by atoms with van der Waals surface area (Å²) in [7, 11) is -2.16. The van der Waals surface area contributed by atoms with Gasteiger partial charge < -0.3 is 10.7 Å². The SMILES string of the molecule is CNS(=O)(=O)CCNC(=O)c1ccnc(NN)c1F. The van der Waals surface area contributed by atoms with E-state index in [1.807, 2.05) is 5.43 Å². The van der Waals surface area contributed by atoms with Gasteiger partial charge in [-0.15, -0.1) is 0 Å². The van der Waals surface area contributed by atoms with E-state index in [-0.39, 0.29) is 23.7 Å². The summed E-state index contributed by atoms with van der Waals surface area (Å²) in [6, 6.07) is 1.16. The summed E-state index contributed by atoms with van der Waals surface area (Å²) >= 11 is 0. The molecule has 0 radical (unpaired) electrons. The van der Waals surface area contributed by atoms with Crippen molar-refractivity contribution < 1.29 is 17.6 Å². The van der Waals surface area contributed by atoms with Crippen LogP contribution < -0.4 is 21.3 Å². The molecule has 1 aromatic heterocycles. The van der Waals surface area contributed by atoms with Crippen LogP contribution in [0.5, 0.6) is 0 Å². The molecule has 0 saturated carbocycles. The Labute approximate surface area is 109 Å². The summed E-state index contributed by atoms with van der Waals surface area (Å²) in [5.41, 5.74) is 1.73. The molecule has 8 nitrogen and oxygen atoms in total. The van der Waals surface area contributed by atoms with Crippen molar-refractivity contribution >= 4 is 21.7 Å². The first-order valence-electron chi connectivity index (χ1n) is 5.22. The predicted octanol–water partition coefficient (Wildman–Crippen LogP) is -1.21. The van der Waals surface area contributed by atoms with Gasteiger partial charge in [0.25, 0.3) is 5.91 Å². The molecule has 10 heteroatoms. The van der Waals surface area contributed by atoms with Gasteiger partial charge in [0.2, 0.25) is 10.0 Å². The summed E-state index contributed by atoms with van der Waals surface area (Å²) in [5.74, 6) is 2.80. The number of hydrazine groups is 1. The highest BCUT2D eigenvalue weighted by Crippen LogP contribution is 2.13. The highest BCUT2D eigenvalue weighted by atomic mass is 32.2. The Morgan fingerprint density at radius 3 is 2.79 bits per heavy atom. The molecule has 1 heterocycles. The second kappa shape index (κ2) is 6.41. The highest BCUT2D eigenvalue weighted by Gasteiger charge is 2.16. The lowest BCUT2D eigenvalue weighted by Gasteiger charge is -2.08. The van der Waals surface area contributed by atoms with Crippen LogP contribution in [0.3, 0.4) is 0 Å². The number of sulfonamides is 1. The minimum absolute atomic E-state index is 0.144. The lowest BCUT2D eigenvalue weighted by Crippen LogP contribution is -2.33. The van der Waals surface area contributed by atoms with Crippen LogP contribution in [0, 0.1) is 5.82 Å². The number of nitrogens with zero attached hydrogens (tertiary/aromatic N) is 1. The zero-order chi connectivity index (χ0) is 14.5. The van der Waals surface area contributed by atoms with Crippen molar-refractivity contribution in [3.63, 3.8) is 0 Å². The van der Waals surface area contributed by atoms with E-state index < -0.39 is 21.7 Å². The van der Waals surface area contributed by atoms with Crippen LogP contribution in [0.4, 0.5) is 10.2 Å². The topological polar surface area (TPSA) is 126 Å². The van der Waals surface area contributed by atoms with Crippen molar-refractivity contribution in [1.82, 2.24) is 15.0 Å². The third-order valence-corrected chi connectivity index (χ3v) is 3.60. The average Bonchev–Trinajstić information content (AvgIpc) is 2.38. The molecule has 0 atom stereocenters. The molecule has 0 fully saturated rings. The highest BCUT2D eigenvalue weighted by molar-refractivity contribution is 7.89. The van der Waals surface area contributed by atoms with Gasteiger partial charge in [0.1, 0.15) is 0 Å². The van der Waals surface area contributed by atoms with E-state index in [0.29, 0.717) is 0 Å². The van der Waals surface area contributed by atoms with E-state index in [0.717, 1.165) is 6.07 Å². The summed E-state index contributed by atoms with van der Waals surface area (Å²) in [6.07, 6.45) is 1.21. The zero-order valence-corrected chi connectivity index (χ0v) is 10.9. The number of pyridine rings is 1. The molecule has 0 unspecified atom stereocenters. The van der Waals surface area contributed by atoms with Gasteiger partial charge in [0.05, 0.1) is 11.3 Å². The monoisotopic (exact) mass is 291 g/mol. The van der Waals surface area contributed by atoms with E-state index in [2.05, 4.69) is 15.0 Å². The van der Waals surface area contributed by atoms with Crippen LogP contribution >= 0.6 is 0 Å². The van der Waals surface area contributed by atoms with Crippen LogP contribution in [-0.2, 0) is 10.0 Å². The summed E-state index contributed by atoms with van der Waals surface area (Å²) in [6.45, 7) is -0.144. The van der Waals surface area contributed by atoms with Gasteiger partial charge in [-0.3, -0.25) is 4.79 Å². The molecule has 0 aliphatic rings. The van der Waals surface area contributed by atoms with E-state index in [9.17, 15) is 17.6 Å². The summed E-state index contributed by atoms with van der Waals surface area (Å²) in [4.78, 5) is 15.2. The van der Waals surface area contributed by atoms with Crippen molar-refractivity contribution in [1.29, 1.82) is 0 Å². The molecule has 0 aliphatic heterocycles. The van der Waals surface area contributed by atoms with Gasteiger partial charge in [0, 0.05) is 12.7 Å². The first-order valence-corrected chi connectivity index (χ1v) is 6.87. The van der Waals surface area contributed by atoms with E-state index >= 15 is 0 Å². The van der Waals surface area contributed by atoms with Crippen molar-refractivity contribution in [3.8, 4) is 0 Å². The van der Waals surface area contributed by atoms with Crippen molar-refractivity contribution in [2.45, 2.75) is 0 Å². The molecular weight excluding hydrogens is 277 g/mol. The van der Waals surface area contributed by atoms with Crippen LogP contribution in [0.1, 0.15) is 10.4 Å². The number of anilines is 1. The Balaban J connectivity index is 2.69. The quantitative estimate of drug-likeness (QED) is 0.385. The van der Waals surface area contributed by atoms with Crippen LogP contribution in [0.15, 0.2) is 12.3 Å². The summed E-state index contributed by atoms with van der Waals surface area (Å²) in [5, 5.41) is 2.29. The number of nitrogen functional groups attached to an aromatic ring is 1.